The van der Waals surface area contributed by atoms with Crippen LogP contribution in [0.25, 0.3) is 0 Å². The summed E-state index contributed by atoms with van der Waals surface area (Å²) in [6, 6.07) is 9.77. The van der Waals surface area contributed by atoms with E-state index in [-0.39, 0.29) is 19.0 Å². The third-order valence-electron chi connectivity index (χ3n) is 14.0. The van der Waals surface area contributed by atoms with E-state index in [1.54, 1.807) is 13.1 Å². The molecule has 12 nitrogen and oxygen atoms in total. The molecule has 11 N–H and O–H groups in total. The van der Waals surface area contributed by atoms with Gasteiger partial charge >= 0.3 is 0 Å². The summed E-state index contributed by atoms with van der Waals surface area (Å²) in [5.74, 6) is 6.14. The van der Waals surface area contributed by atoms with Crippen LogP contribution < -0.4 is 26.8 Å². The molecule has 12 heteroatoms. The largest absolute Gasteiger partial charge is 0.504 e. The summed E-state index contributed by atoms with van der Waals surface area (Å²) < 4.78 is 12.4. The van der Waals surface area contributed by atoms with E-state index in [0.717, 1.165) is 92.3 Å². The van der Waals surface area contributed by atoms with Crippen LogP contribution in [0.1, 0.15) is 143 Å². The smallest absolute Gasteiger partial charge is 0.188 e. The Labute approximate surface area is 358 Å². The summed E-state index contributed by atoms with van der Waals surface area (Å²) in [4.78, 5) is 7.54. The number of rotatable bonds is 22. The Bertz CT molecular complexity index is 1790. The van der Waals surface area contributed by atoms with Gasteiger partial charge in [-0.3, -0.25) is 4.99 Å². The number of nitrogens with zero attached hydrogens (tertiary/aromatic N) is 1. The maximum Gasteiger partial charge on any atom is 0.188 e. The van der Waals surface area contributed by atoms with Gasteiger partial charge in [0, 0.05) is 68.4 Å². The lowest BCUT2D eigenvalue weighted by Gasteiger charge is -2.35. The van der Waals surface area contributed by atoms with Crippen LogP contribution in [0.5, 0.6) is 11.5 Å². The SMILES string of the molecule is CN=C(N)NCC(C)CCC1CCC(N)CC1CCCCc1oc(CCc2ccc(O)c(OCC(O)c3cc4c([nH]3)CCC3CCCC3C4CNCC(C)O)c2)cc1CO. The number of nitrogens with one attached hydrogen (secondary N) is 3. The Morgan fingerprint density at radius 1 is 1.00 bits per heavy atom. The van der Waals surface area contributed by atoms with Crippen molar-refractivity contribution in [2.24, 2.45) is 46.0 Å². The minimum Gasteiger partial charge on any atom is -0.504 e. The minimum atomic E-state index is -0.880. The fourth-order valence-corrected chi connectivity index (χ4v) is 10.6. The van der Waals surface area contributed by atoms with Crippen LogP contribution in [-0.4, -0.2) is 76.8 Å². The van der Waals surface area contributed by atoms with Crippen molar-refractivity contribution in [3.05, 3.63) is 69.9 Å². The van der Waals surface area contributed by atoms with E-state index in [2.05, 4.69) is 33.6 Å². The number of aromatic hydroxyl groups is 1. The molecular weight excluding hydrogens is 757 g/mol. The van der Waals surface area contributed by atoms with Crippen LogP contribution in [0.3, 0.4) is 0 Å². The number of ether oxygens (including phenoxy) is 1. The molecule has 3 aliphatic rings. The predicted octanol–water partition coefficient (Wildman–Crippen LogP) is 6.53. The first-order valence-corrected chi connectivity index (χ1v) is 23.2. The number of aryl methyl sites for hydroxylation is 4. The number of unbranched alkanes of at least 4 members (excludes halogenated alkanes) is 1. The lowest BCUT2D eigenvalue weighted by atomic mass is 9.72. The molecule has 0 aliphatic heterocycles. The summed E-state index contributed by atoms with van der Waals surface area (Å²) in [6.45, 7) is 6.26. The highest BCUT2D eigenvalue weighted by Gasteiger charge is 2.38. The van der Waals surface area contributed by atoms with Crippen molar-refractivity contribution in [2.45, 2.75) is 147 Å². The second-order valence-electron chi connectivity index (χ2n) is 18.6. The molecule has 0 bridgehead atoms. The number of benzene rings is 1. The van der Waals surface area contributed by atoms with Crippen molar-refractivity contribution in [3.8, 4) is 11.5 Å². The second-order valence-corrected chi connectivity index (χ2v) is 18.6. The number of phenolic OH excluding ortho intramolecular Hbond substituents is 1. The molecule has 6 rings (SSSR count). The van der Waals surface area contributed by atoms with Gasteiger partial charge in [-0.1, -0.05) is 38.7 Å². The highest BCUT2D eigenvalue weighted by Crippen LogP contribution is 2.47. The third kappa shape index (κ3) is 12.8. The number of aliphatic hydroxyl groups is 3. The highest BCUT2D eigenvalue weighted by atomic mass is 16.5. The monoisotopic (exact) mass is 833 g/mol. The van der Waals surface area contributed by atoms with Gasteiger partial charge in [-0.25, -0.2) is 0 Å². The van der Waals surface area contributed by atoms with Crippen LogP contribution in [0.15, 0.2) is 39.7 Å². The number of nitrogens with two attached hydrogens (primary N) is 2. The van der Waals surface area contributed by atoms with Gasteiger partial charge in [0.2, 0.25) is 0 Å². The molecule has 0 saturated heterocycles. The number of aromatic nitrogens is 1. The average molecular weight is 833 g/mol. The van der Waals surface area contributed by atoms with Crippen LogP contribution in [0.4, 0.5) is 0 Å². The summed E-state index contributed by atoms with van der Waals surface area (Å²) in [5, 5.41) is 48.7. The zero-order chi connectivity index (χ0) is 42.6. The van der Waals surface area contributed by atoms with Gasteiger partial charge in [-0.15, -0.1) is 0 Å². The van der Waals surface area contributed by atoms with Gasteiger partial charge in [-0.05, 0) is 136 Å². The van der Waals surface area contributed by atoms with Crippen LogP contribution >= 0.6 is 0 Å². The Balaban J connectivity index is 0.976. The number of aliphatic hydroxyl groups excluding tert-OH is 3. The molecule has 2 aromatic heterocycles. The van der Waals surface area contributed by atoms with E-state index in [1.807, 2.05) is 25.1 Å². The Kier molecular flexibility index (Phi) is 17.2. The fraction of sp³-hybridized carbons (Fsp3) is 0.688. The van der Waals surface area contributed by atoms with E-state index >= 15 is 0 Å². The fourth-order valence-electron chi connectivity index (χ4n) is 10.6. The molecule has 9 atom stereocenters. The Morgan fingerprint density at radius 2 is 1.85 bits per heavy atom. The molecule has 3 aliphatic carbocycles. The zero-order valence-electron chi connectivity index (χ0n) is 36.6. The minimum absolute atomic E-state index is 0.00505. The highest BCUT2D eigenvalue weighted by molar-refractivity contribution is 5.77. The number of aromatic amines is 1. The van der Waals surface area contributed by atoms with Crippen LogP contribution in [-0.2, 0) is 32.3 Å². The third-order valence-corrected chi connectivity index (χ3v) is 14.0. The van der Waals surface area contributed by atoms with Gasteiger partial charge in [0.15, 0.2) is 17.5 Å². The first kappa shape index (κ1) is 46.0. The van der Waals surface area contributed by atoms with Gasteiger partial charge in [0.25, 0.3) is 0 Å². The van der Waals surface area contributed by atoms with E-state index in [1.165, 1.54) is 56.2 Å². The predicted molar refractivity (Wildman–Crippen MR) is 238 cm³/mol. The van der Waals surface area contributed by atoms with E-state index in [0.29, 0.717) is 66.7 Å². The van der Waals surface area contributed by atoms with Crippen molar-refractivity contribution >= 4 is 5.96 Å². The maximum atomic E-state index is 11.3. The number of fused-ring (bicyclic) bond motifs is 2. The number of phenols is 1. The number of furan rings is 1. The van der Waals surface area contributed by atoms with Crippen molar-refractivity contribution in [3.63, 3.8) is 0 Å². The molecule has 2 saturated carbocycles. The molecule has 9 unspecified atom stereocenters. The zero-order valence-corrected chi connectivity index (χ0v) is 36.6. The topological polar surface area (TPSA) is 208 Å². The molecule has 0 radical (unpaired) electrons. The number of guanidine groups is 1. The standard InChI is InChI=1S/C48H76N6O6/c1-30(25-53-48(50)51-3)11-14-33-15-17-37(49)22-35(33)7-4-5-10-46-36(28-55)23-38(60-46)18-12-32-13-20-44(57)47(21-32)59-29-45(58)43-24-40-41(27-52-26-31(2)56)39-9-6-8-34(39)16-19-42(40)54-43/h13,20-21,23-24,30-31,33-35,37,39,41,45,52,54-58H,4-12,14-19,22,25-29,49H2,1-3H3,(H3,50,51,53). The Hall–Kier alpha value is -3.55. The number of hydrogen-bond donors (Lipinski definition) is 9. The quantitative estimate of drug-likeness (QED) is 0.0304. The van der Waals surface area contributed by atoms with Crippen LogP contribution in [0.2, 0.25) is 0 Å². The molecule has 0 amide bonds. The van der Waals surface area contributed by atoms with Crippen LogP contribution in [0, 0.1) is 29.6 Å². The summed E-state index contributed by atoms with van der Waals surface area (Å²) >= 11 is 0. The summed E-state index contributed by atoms with van der Waals surface area (Å²) in [7, 11) is 1.70. The maximum absolute atomic E-state index is 11.3. The lowest BCUT2D eigenvalue weighted by Crippen LogP contribution is -2.35. The number of H-pyrrole nitrogens is 1. The first-order chi connectivity index (χ1) is 29.0. The average Bonchev–Trinajstić information content (AvgIpc) is 3.98. The summed E-state index contributed by atoms with van der Waals surface area (Å²) in [6.07, 6.45) is 15.8. The molecule has 2 fully saturated rings. The second kappa shape index (κ2) is 22.5. The lowest BCUT2D eigenvalue weighted by molar-refractivity contribution is 0.103. The van der Waals surface area contributed by atoms with Gasteiger partial charge in [0.1, 0.15) is 24.2 Å². The molecule has 334 valence electrons. The normalized spacial score (nSPS) is 24.7. The molecule has 60 heavy (non-hydrogen) atoms. The van der Waals surface area contributed by atoms with Crippen molar-refractivity contribution in [1.29, 1.82) is 0 Å². The van der Waals surface area contributed by atoms with E-state index in [4.69, 9.17) is 20.6 Å². The Morgan fingerprint density at radius 3 is 2.65 bits per heavy atom. The number of hydrogen-bond acceptors (Lipinski definition) is 9. The summed E-state index contributed by atoms with van der Waals surface area (Å²) in [5.41, 5.74) is 17.3. The first-order valence-electron chi connectivity index (χ1n) is 23.2. The molecular formula is C48H76N6O6. The van der Waals surface area contributed by atoms with Crippen molar-refractivity contribution in [1.82, 2.24) is 15.6 Å². The van der Waals surface area contributed by atoms with Crippen molar-refractivity contribution in [2.75, 3.05) is 33.3 Å². The molecule has 2 heterocycles. The van der Waals surface area contributed by atoms with Gasteiger partial charge < -0.3 is 56.7 Å². The van der Waals surface area contributed by atoms with E-state index in [9.17, 15) is 20.4 Å². The molecule has 3 aromatic rings. The number of aliphatic imine (C=N–C) groups is 1. The van der Waals surface area contributed by atoms with Crippen molar-refractivity contribution < 1.29 is 29.6 Å². The van der Waals surface area contributed by atoms with Gasteiger partial charge in [0.05, 0.1) is 12.7 Å². The van der Waals surface area contributed by atoms with Gasteiger partial charge in [-0.2, -0.15) is 0 Å². The molecule has 0 spiro atoms. The molecule has 1 aromatic carbocycles. The van der Waals surface area contributed by atoms with E-state index < -0.39 is 12.2 Å².